The number of amides is 5. The number of halogens is 2. The van der Waals surface area contributed by atoms with Crippen molar-refractivity contribution in [3.05, 3.63) is 89.9 Å². The third kappa shape index (κ3) is 10.1. The maximum atomic E-state index is 14.9. The molecule has 1 aliphatic rings. The van der Waals surface area contributed by atoms with E-state index in [4.69, 9.17) is 10.7 Å². The fraction of sp³-hybridized carbons (Fsp3) is 0.389. The lowest BCUT2D eigenvalue weighted by atomic mass is 9.84. The van der Waals surface area contributed by atoms with Gasteiger partial charge in [0.05, 0.1) is 17.8 Å². The zero-order valence-electron chi connectivity index (χ0n) is 28.8. The van der Waals surface area contributed by atoms with E-state index in [1.807, 2.05) is 51.1 Å². The normalized spacial score (nSPS) is 14.1. The van der Waals surface area contributed by atoms with E-state index in [2.05, 4.69) is 10.6 Å². The monoisotopic (exact) mass is 707 g/mol. The van der Waals surface area contributed by atoms with Gasteiger partial charge in [-0.2, -0.15) is 0 Å². The molecule has 0 aliphatic carbocycles. The first-order chi connectivity index (χ1) is 24.2. The quantitative estimate of drug-likeness (QED) is 0.163. The summed E-state index contributed by atoms with van der Waals surface area (Å²) in [6.07, 6.45) is 3.79. The molecule has 1 aromatic heterocycles. The Morgan fingerprint density at radius 1 is 1.00 bits per heavy atom. The van der Waals surface area contributed by atoms with Crippen LogP contribution in [-0.4, -0.2) is 92.8 Å². The van der Waals surface area contributed by atoms with Crippen molar-refractivity contribution in [2.45, 2.75) is 52.2 Å². The lowest BCUT2D eigenvalue weighted by Gasteiger charge is -2.40. The molecule has 51 heavy (non-hydrogen) atoms. The van der Waals surface area contributed by atoms with Crippen LogP contribution in [0.5, 0.6) is 0 Å². The minimum atomic E-state index is -1.09. The van der Waals surface area contributed by atoms with Crippen LogP contribution in [0.25, 0.3) is 11.3 Å². The number of carbonyl (C=O) groups is 5. The van der Waals surface area contributed by atoms with Crippen molar-refractivity contribution in [1.29, 1.82) is 0 Å². The van der Waals surface area contributed by atoms with Gasteiger partial charge < -0.3 is 30.9 Å². The van der Waals surface area contributed by atoms with E-state index in [1.54, 1.807) is 10.8 Å². The average Bonchev–Trinajstić information content (AvgIpc) is 3.64. The molecule has 1 aliphatic heterocycles. The van der Waals surface area contributed by atoms with Gasteiger partial charge >= 0.3 is 0 Å². The van der Waals surface area contributed by atoms with E-state index in [0.717, 1.165) is 40.8 Å². The first-order valence-electron chi connectivity index (χ1n) is 16.5. The Morgan fingerprint density at radius 3 is 2.33 bits per heavy atom. The predicted molar refractivity (Wildman–Crippen MR) is 183 cm³/mol. The molecule has 0 radical (unpaired) electrons. The van der Waals surface area contributed by atoms with Crippen LogP contribution in [0.4, 0.5) is 8.78 Å². The van der Waals surface area contributed by atoms with Gasteiger partial charge in [0.15, 0.2) is 0 Å². The third-order valence-corrected chi connectivity index (χ3v) is 8.27. The molecule has 0 fully saturated rings. The van der Waals surface area contributed by atoms with Crippen LogP contribution >= 0.6 is 0 Å². The van der Waals surface area contributed by atoms with Crippen LogP contribution in [-0.2, 0) is 30.5 Å². The van der Waals surface area contributed by atoms with Crippen LogP contribution in [0.3, 0.4) is 0 Å². The fourth-order valence-corrected chi connectivity index (χ4v) is 5.75. The molecule has 0 spiro atoms. The minimum absolute atomic E-state index is 0.0156. The summed E-state index contributed by atoms with van der Waals surface area (Å²) >= 11 is 0. The van der Waals surface area contributed by atoms with Crippen molar-refractivity contribution in [2.24, 2.45) is 11.1 Å². The standard InChI is InChI=1S/C36H43F2N7O6/c1-36(2,3)33(34-42-28(25-19-24(37)9-10-26(25)38)21-43(34)20-23-7-5-4-6-8-23)45(32(50)22-46)17-14-27(39)35(51)41-15-13-29(47)40-16-18-44-30(48)11-12-31(44)49/h4-12,19,21,27,33,46H,13-18,20,22,39H2,1-3H3,(H,40,47)(H,41,51). The number of nitrogens with two attached hydrogens (primary N) is 1. The summed E-state index contributed by atoms with van der Waals surface area (Å²) < 4.78 is 30.9. The summed E-state index contributed by atoms with van der Waals surface area (Å²) in [4.78, 5) is 68.8. The number of nitrogens with one attached hydrogen (secondary N) is 2. The lowest BCUT2D eigenvalue weighted by molar-refractivity contribution is -0.140. The Labute approximate surface area is 294 Å². The summed E-state index contributed by atoms with van der Waals surface area (Å²) in [5, 5.41) is 15.2. The number of rotatable bonds is 16. The summed E-state index contributed by atoms with van der Waals surface area (Å²) in [6, 6.07) is 10.5. The number of hydrogen-bond donors (Lipinski definition) is 4. The molecular formula is C36H43F2N7O6. The first-order valence-corrected chi connectivity index (χ1v) is 16.5. The molecule has 15 heteroatoms. The zero-order chi connectivity index (χ0) is 37.3. The molecule has 0 saturated heterocycles. The Balaban J connectivity index is 1.47. The minimum Gasteiger partial charge on any atom is -0.387 e. The van der Waals surface area contributed by atoms with Crippen molar-refractivity contribution in [2.75, 3.05) is 32.8 Å². The Morgan fingerprint density at radius 2 is 1.69 bits per heavy atom. The lowest BCUT2D eigenvalue weighted by Crippen LogP contribution is -2.48. The van der Waals surface area contributed by atoms with E-state index in [9.17, 15) is 37.9 Å². The Kier molecular flexibility index (Phi) is 12.9. The highest BCUT2D eigenvalue weighted by atomic mass is 19.1. The zero-order valence-corrected chi connectivity index (χ0v) is 28.8. The molecule has 3 aromatic rings. The van der Waals surface area contributed by atoms with E-state index in [1.165, 1.54) is 4.90 Å². The molecule has 0 bridgehead atoms. The van der Waals surface area contributed by atoms with Crippen LogP contribution in [0, 0.1) is 17.0 Å². The number of aromatic nitrogens is 2. The first kappa shape index (κ1) is 38.5. The fourth-order valence-electron chi connectivity index (χ4n) is 5.75. The number of imide groups is 1. The number of aliphatic hydroxyl groups excluding tert-OH is 1. The van der Waals surface area contributed by atoms with Crippen LogP contribution in [0.15, 0.2) is 66.9 Å². The van der Waals surface area contributed by atoms with Crippen molar-refractivity contribution >= 4 is 29.5 Å². The van der Waals surface area contributed by atoms with Gasteiger partial charge in [-0.05, 0) is 35.6 Å². The summed E-state index contributed by atoms with van der Waals surface area (Å²) in [5.41, 5.74) is 6.47. The molecule has 5 N–H and O–H groups in total. The van der Waals surface area contributed by atoms with E-state index < -0.39 is 65.3 Å². The number of nitrogens with zero attached hydrogens (tertiary/aromatic N) is 4. The number of benzene rings is 2. The topological polar surface area (TPSA) is 180 Å². The highest BCUT2D eigenvalue weighted by Crippen LogP contribution is 2.39. The smallest absolute Gasteiger partial charge is 0.253 e. The number of hydrogen-bond acceptors (Lipinski definition) is 8. The molecule has 2 atom stereocenters. The van der Waals surface area contributed by atoms with Gasteiger partial charge in [0.2, 0.25) is 17.7 Å². The molecule has 5 amide bonds. The molecule has 13 nitrogen and oxygen atoms in total. The summed E-state index contributed by atoms with van der Waals surface area (Å²) in [7, 11) is 0. The average molecular weight is 708 g/mol. The third-order valence-electron chi connectivity index (χ3n) is 8.27. The molecule has 2 heterocycles. The summed E-state index contributed by atoms with van der Waals surface area (Å²) in [6.45, 7) is 5.01. The molecule has 2 unspecified atom stereocenters. The largest absolute Gasteiger partial charge is 0.387 e. The van der Waals surface area contributed by atoms with Crippen LogP contribution < -0.4 is 16.4 Å². The molecule has 4 rings (SSSR count). The molecule has 272 valence electrons. The van der Waals surface area contributed by atoms with Gasteiger partial charge in [-0.1, -0.05) is 51.1 Å². The number of carbonyl (C=O) groups excluding carboxylic acids is 5. The van der Waals surface area contributed by atoms with Crippen molar-refractivity contribution in [3.63, 3.8) is 0 Å². The molecule has 2 aromatic carbocycles. The number of imidazole rings is 1. The highest BCUT2D eigenvalue weighted by molar-refractivity contribution is 6.12. The van der Waals surface area contributed by atoms with Crippen molar-refractivity contribution < 1.29 is 37.9 Å². The van der Waals surface area contributed by atoms with E-state index in [-0.39, 0.29) is 56.8 Å². The molecule has 0 saturated carbocycles. The van der Waals surface area contributed by atoms with Gasteiger partial charge in [-0.3, -0.25) is 28.9 Å². The van der Waals surface area contributed by atoms with Crippen LogP contribution in [0.2, 0.25) is 0 Å². The van der Waals surface area contributed by atoms with Gasteiger partial charge in [0, 0.05) is 63.1 Å². The highest BCUT2D eigenvalue weighted by Gasteiger charge is 2.38. The maximum Gasteiger partial charge on any atom is 0.253 e. The second kappa shape index (κ2) is 17.1. The van der Waals surface area contributed by atoms with E-state index >= 15 is 0 Å². The van der Waals surface area contributed by atoms with Gasteiger partial charge in [-0.25, -0.2) is 13.8 Å². The predicted octanol–water partition coefficient (Wildman–Crippen LogP) is 2.05. The van der Waals surface area contributed by atoms with Gasteiger partial charge in [-0.15, -0.1) is 0 Å². The van der Waals surface area contributed by atoms with Gasteiger partial charge in [0.1, 0.15) is 24.1 Å². The molecular weight excluding hydrogens is 664 g/mol. The van der Waals surface area contributed by atoms with Crippen molar-refractivity contribution in [1.82, 2.24) is 30.0 Å². The van der Waals surface area contributed by atoms with E-state index in [0.29, 0.717) is 5.82 Å². The Hall–Kier alpha value is -5.28. The summed E-state index contributed by atoms with van der Waals surface area (Å²) in [5.74, 6) is -3.51. The van der Waals surface area contributed by atoms with Crippen LogP contribution in [0.1, 0.15) is 51.0 Å². The number of aliphatic hydroxyl groups is 1. The SMILES string of the molecule is CC(C)(C)C(c1nc(-c2cc(F)ccc2F)cn1Cc1ccccc1)N(CCC(N)C(=O)NCCC(=O)NCCN1C(=O)C=CC1=O)C(=O)CO. The Bertz CT molecular complexity index is 1750. The second-order valence-electron chi connectivity index (χ2n) is 13.2. The maximum absolute atomic E-state index is 14.9. The van der Waals surface area contributed by atoms with Crippen molar-refractivity contribution in [3.8, 4) is 11.3 Å². The van der Waals surface area contributed by atoms with Gasteiger partial charge in [0.25, 0.3) is 11.8 Å². The second-order valence-corrected chi connectivity index (χ2v) is 13.2.